The number of anilines is 1. The maximum absolute atomic E-state index is 13.5. The second-order valence-corrected chi connectivity index (χ2v) is 9.50. The van der Waals surface area contributed by atoms with E-state index in [0.717, 1.165) is 37.1 Å². The van der Waals surface area contributed by atoms with Crippen molar-refractivity contribution in [2.24, 2.45) is 0 Å². The van der Waals surface area contributed by atoms with E-state index < -0.39 is 0 Å². The van der Waals surface area contributed by atoms with E-state index in [9.17, 15) is 9.59 Å². The third kappa shape index (κ3) is 5.27. The summed E-state index contributed by atoms with van der Waals surface area (Å²) < 4.78 is 1.57. The predicted molar refractivity (Wildman–Crippen MR) is 133 cm³/mol. The molecule has 2 bridgehead atoms. The molecule has 2 atom stereocenters. The van der Waals surface area contributed by atoms with Crippen LogP contribution in [0.1, 0.15) is 37.3 Å². The Morgan fingerprint density at radius 2 is 1.74 bits per heavy atom. The summed E-state index contributed by atoms with van der Waals surface area (Å²) in [6, 6.07) is 19.1. The number of amides is 2. The van der Waals surface area contributed by atoms with Crippen molar-refractivity contribution in [1.82, 2.24) is 24.6 Å². The SMILES string of the molecule is CC(=O)N1CC[C@@H]2CC[C@H](CN(C(=O)Cn3cncn3)Cc3ccccc31)N2Cc1ccccc1. The van der Waals surface area contributed by atoms with Crippen molar-refractivity contribution >= 4 is 17.5 Å². The minimum absolute atomic E-state index is 0.00189. The fraction of sp³-hybridized carbons (Fsp3) is 0.407. The van der Waals surface area contributed by atoms with Crippen LogP contribution < -0.4 is 4.90 Å². The van der Waals surface area contributed by atoms with Crippen LogP contribution >= 0.6 is 0 Å². The van der Waals surface area contributed by atoms with E-state index in [-0.39, 0.29) is 24.4 Å². The lowest BCUT2D eigenvalue weighted by Gasteiger charge is -2.34. The Kier molecular flexibility index (Phi) is 6.90. The van der Waals surface area contributed by atoms with Crippen molar-refractivity contribution in [2.75, 3.05) is 18.0 Å². The molecule has 2 amide bonds. The van der Waals surface area contributed by atoms with Crippen molar-refractivity contribution in [2.45, 2.75) is 57.9 Å². The second kappa shape index (κ2) is 10.4. The summed E-state index contributed by atoms with van der Waals surface area (Å²) in [6.07, 6.45) is 6.03. The topological polar surface area (TPSA) is 74.6 Å². The van der Waals surface area contributed by atoms with Gasteiger partial charge in [0.25, 0.3) is 0 Å². The summed E-state index contributed by atoms with van der Waals surface area (Å²) in [5, 5.41) is 4.13. The Balaban J connectivity index is 1.49. The highest BCUT2D eigenvalue weighted by atomic mass is 16.2. The second-order valence-electron chi connectivity index (χ2n) is 9.50. The molecule has 0 N–H and O–H groups in total. The van der Waals surface area contributed by atoms with Gasteiger partial charge in [-0.2, -0.15) is 5.10 Å². The minimum Gasteiger partial charge on any atom is -0.335 e. The van der Waals surface area contributed by atoms with E-state index in [2.05, 4.69) is 39.2 Å². The molecule has 3 aromatic rings. The zero-order valence-corrected chi connectivity index (χ0v) is 20.2. The van der Waals surface area contributed by atoms with Crippen molar-refractivity contribution in [3.8, 4) is 0 Å². The van der Waals surface area contributed by atoms with Crippen molar-refractivity contribution in [1.29, 1.82) is 0 Å². The highest BCUT2D eigenvalue weighted by Crippen LogP contribution is 2.32. The average Bonchev–Trinajstić information content (AvgIpc) is 3.49. The van der Waals surface area contributed by atoms with Gasteiger partial charge in [-0.1, -0.05) is 48.5 Å². The summed E-state index contributed by atoms with van der Waals surface area (Å²) in [5.41, 5.74) is 3.15. The molecule has 3 heterocycles. The van der Waals surface area contributed by atoms with Crippen LogP contribution in [-0.4, -0.2) is 61.6 Å². The van der Waals surface area contributed by atoms with Crippen LogP contribution in [-0.2, 0) is 29.2 Å². The van der Waals surface area contributed by atoms with Crippen molar-refractivity contribution < 1.29 is 9.59 Å². The van der Waals surface area contributed by atoms with Crippen LogP contribution in [0.2, 0.25) is 0 Å². The smallest absolute Gasteiger partial charge is 0.244 e. The Morgan fingerprint density at radius 1 is 0.971 bits per heavy atom. The number of hydrogen-bond donors (Lipinski definition) is 0. The normalized spacial score (nSPS) is 20.8. The lowest BCUT2D eigenvalue weighted by molar-refractivity contribution is -0.133. The van der Waals surface area contributed by atoms with Gasteiger partial charge >= 0.3 is 0 Å². The standard InChI is InChI=1S/C27H32N6O2/c1-21(34)32-14-13-24-11-12-25(33(24)15-22-7-3-2-4-8-22)17-30(16-23-9-5-6-10-26(23)32)27(35)18-31-20-28-19-29-31/h2-10,19-20,24-25H,11-18H2,1H3/t24-,25+/m0/s1. The molecule has 1 aromatic heterocycles. The fourth-order valence-electron chi connectivity index (χ4n) is 5.47. The van der Waals surface area contributed by atoms with Gasteiger partial charge in [0, 0.05) is 50.9 Å². The summed E-state index contributed by atoms with van der Waals surface area (Å²) >= 11 is 0. The number of hydrogen-bond acceptors (Lipinski definition) is 5. The highest BCUT2D eigenvalue weighted by Gasteiger charge is 2.36. The molecular weight excluding hydrogens is 440 g/mol. The number of benzene rings is 2. The molecule has 0 spiro atoms. The summed E-state index contributed by atoms with van der Waals surface area (Å²) in [5.74, 6) is 0.0309. The first-order chi connectivity index (χ1) is 17.1. The van der Waals surface area contributed by atoms with Gasteiger partial charge in [0.1, 0.15) is 19.2 Å². The number of carbonyl (C=O) groups excluding carboxylic acids is 2. The Hall–Kier alpha value is -3.52. The lowest BCUT2D eigenvalue weighted by atomic mass is 10.1. The molecule has 2 aromatic carbocycles. The van der Waals surface area contributed by atoms with Gasteiger partial charge in [0.15, 0.2) is 0 Å². The number of nitrogens with zero attached hydrogens (tertiary/aromatic N) is 6. The van der Waals surface area contributed by atoms with Gasteiger partial charge in [-0.3, -0.25) is 14.5 Å². The maximum Gasteiger partial charge on any atom is 0.244 e. The monoisotopic (exact) mass is 472 g/mol. The highest BCUT2D eigenvalue weighted by molar-refractivity contribution is 5.92. The van der Waals surface area contributed by atoms with Crippen molar-refractivity contribution in [3.05, 3.63) is 78.4 Å². The molecule has 35 heavy (non-hydrogen) atoms. The molecular formula is C27H32N6O2. The fourth-order valence-corrected chi connectivity index (χ4v) is 5.47. The number of aromatic nitrogens is 3. The quantitative estimate of drug-likeness (QED) is 0.583. The van der Waals surface area contributed by atoms with Gasteiger partial charge in [0.2, 0.25) is 11.8 Å². The van der Waals surface area contributed by atoms with E-state index in [1.165, 1.54) is 11.9 Å². The van der Waals surface area contributed by atoms with Crippen LogP contribution in [0.15, 0.2) is 67.3 Å². The predicted octanol–water partition coefficient (Wildman–Crippen LogP) is 3.10. The molecule has 2 aliphatic heterocycles. The third-order valence-electron chi connectivity index (χ3n) is 7.24. The molecule has 0 aliphatic carbocycles. The van der Waals surface area contributed by atoms with E-state index >= 15 is 0 Å². The summed E-state index contributed by atoms with van der Waals surface area (Å²) in [6.45, 7) is 4.38. The first kappa shape index (κ1) is 23.2. The molecule has 0 unspecified atom stereocenters. The zero-order valence-electron chi connectivity index (χ0n) is 20.2. The van der Waals surface area contributed by atoms with Crippen LogP contribution in [0.4, 0.5) is 5.69 Å². The molecule has 5 rings (SSSR count). The summed E-state index contributed by atoms with van der Waals surface area (Å²) in [4.78, 5) is 36.6. The Bertz CT molecular complexity index is 1150. The Labute approximate surface area is 206 Å². The minimum atomic E-state index is 0.00189. The lowest BCUT2D eigenvalue weighted by Crippen LogP contribution is -2.45. The number of fused-ring (bicyclic) bond motifs is 3. The maximum atomic E-state index is 13.5. The molecule has 8 heteroatoms. The van der Waals surface area contributed by atoms with E-state index in [0.29, 0.717) is 25.7 Å². The van der Waals surface area contributed by atoms with Crippen LogP contribution in [0.5, 0.6) is 0 Å². The van der Waals surface area contributed by atoms with Crippen LogP contribution in [0.25, 0.3) is 0 Å². The van der Waals surface area contributed by atoms with E-state index in [1.54, 1.807) is 17.9 Å². The van der Waals surface area contributed by atoms with E-state index in [4.69, 9.17) is 0 Å². The molecule has 2 aliphatic rings. The molecule has 0 radical (unpaired) electrons. The molecule has 0 saturated carbocycles. The molecule has 1 saturated heterocycles. The van der Waals surface area contributed by atoms with Crippen molar-refractivity contribution in [3.63, 3.8) is 0 Å². The van der Waals surface area contributed by atoms with E-state index in [1.807, 2.05) is 40.1 Å². The van der Waals surface area contributed by atoms with Gasteiger partial charge in [-0.25, -0.2) is 9.67 Å². The van der Waals surface area contributed by atoms with Gasteiger partial charge in [-0.05, 0) is 36.5 Å². The Morgan fingerprint density at radius 3 is 2.51 bits per heavy atom. The average molecular weight is 473 g/mol. The zero-order chi connectivity index (χ0) is 24.2. The van der Waals surface area contributed by atoms with Crippen LogP contribution in [0.3, 0.4) is 0 Å². The first-order valence-corrected chi connectivity index (χ1v) is 12.3. The summed E-state index contributed by atoms with van der Waals surface area (Å²) in [7, 11) is 0. The number of carbonyl (C=O) groups is 2. The molecule has 1 fully saturated rings. The molecule has 182 valence electrons. The number of rotatable bonds is 4. The van der Waals surface area contributed by atoms with Gasteiger partial charge < -0.3 is 9.80 Å². The molecule has 8 nitrogen and oxygen atoms in total. The largest absolute Gasteiger partial charge is 0.335 e. The third-order valence-corrected chi connectivity index (χ3v) is 7.24. The first-order valence-electron chi connectivity index (χ1n) is 12.3. The number of para-hydroxylation sites is 1. The van der Waals surface area contributed by atoms with Gasteiger partial charge in [-0.15, -0.1) is 0 Å². The van der Waals surface area contributed by atoms with Crippen LogP contribution in [0, 0.1) is 0 Å². The van der Waals surface area contributed by atoms with Gasteiger partial charge in [0.05, 0.1) is 0 Å².